The van der Waals surface area contributed by atoms with Crippen molar-refractivity contribution in [3.63, 3.8) is 0 Å². The van der Waals surface area contributed by atoms with Crippen LogP contribution in [-0.2, 0) is 26.7 Å². The SMILES string of the molecule is CN=C/C(=C(/OC(C)OC(=O)C1CCCCC1)c1cc(C)nn1C)c1ccc(C(C)(C)C)cc1. The maximum atomic E-state index is 12.7. The molecule has 1 atom stereocenters. The molecule has 1 fully saturated rings. The predicted molar refractivity (Wildman–Crippen MR) is 138 cm³/mol. The highest BCUT2D eigenvalue weighted by Gasteiger charge is 2.26. The summed E-state index contributed by atoms with van der Waals surface area (Å²) in [5.41, 5.74) is 4.76. The number of hydrogen-bond acceptors (Lipinski definition) is 5. The first-order valence-corrected chi connectivity index (χ1v) is 12.3. The lowest BCUT2D eigenvalue weighted by Crippen LogP contribution is -2.26. The quantitative estimate of drug-likeness (QED) is 0.215. The number of hydrogen-bond donors (Lipinski definition) is 0. The van der Waals surface area contributed by atoms with Crippen LogP contribution in [0.1, 0.15) is 82.3 Å². The van der Waals surface area contributed by atoms with Crippen molar-refractivity contribution in [3.8, 4) is 0 Å². The van der Waals surface area contributed by atoms with Crippen LogP contribution in [0.25, 0.3) is 11.3 Å². The van der Waals surface area contributed by atoms with E-state index in [1.165, 1.54) is 12.0 Å². The lowest BCUT2D eigenvalue weighted by atomic mass is 9.86. The van der Waals surface area contributed by atoms with Gasteiger partial charge in [-0.1, -0.05) is 64.3 Å². The fraction of sp³-hybridized carbons (Fsp3) is 0.536. The molecule has 1 aromatic carbocycles. The molecule has 1 saturated carbocycles. The molecule has 0 N–H and O–H groups in total. The fourth-order valence-corrected chi connectivity index (χ4v) is 4.42. The first kappa shape index (κ1) is 25.7. The molecule has 0 radical (unpaired) electrons. The summed E-state index contributed by atoms with van der Waals surface area (Å²) < 4.78 is 13.9. The number of rotatable bonds is 7. The number of esters is 1. The van der Waals surface area contributed by atoms with Crippen LogP contribution >= 0.6 is 0 Å². The van der Waals surface area contributed by atoms with Gasteiger partial charge >= 0.3 is 5.97 Å². The van der Waals surface area contributed by atoms with Crippen LogP contribution in [0.5, 0.6) is 0 Å². The predicted octanol–water partition coefficient (Wildman–Crippen LogP) is 6.08. The zero-order valence-electron chi connectivity index (χ0n) is 21.7. The molecule has 0 amide bonds. The molecule has 0 saturated heterocycles. The number of aryl methyl sites for hydroxylation is 2. The van der Waals surface area contributed by atoms with Crippen LogP contribution in [0, 0.1) is 12.8 Å². The molecule has 2 aromatic rings. The molecular formula is C28H39N3O3. The lowest BCUT2D eigenvalue weighted by molar-refractivity contribution is -0.170. The molecule has 184 valence electrons. The van der Waals surface area contributed by atoms with Crippen molar-refractivity contribution >= 4 is 23.5 Å². The normalized spacial score (nSPS) is 16.9. The Labute approximate surface area is 204 Å². The van der Waals surface area contributed by atoms with Gasteiger partial charge in [-0.25, -0.2) is 0 Å². The Kier molecular flexibility index (Phi) is 8.34. The Hall–Kier alpha value is -2.89. The van der Waals surface area contributed by atoms with Crippen molar-refractivity contribution in [1.29, 1.82) is 0 Å². The van der Waals surface area contributed by atoms with Crippen LogP contribution < -0.4 is 0 Å². The Morgan fingerprint density at radius 3 is 2.32 bits per heavy atom. The van der Waals surface area contributed by atoms with Crippen LogP contribution in [0.2, 0.25) is 0 Å². The van der Waals surface area contributed by atoms with Gasteiger partial charge in [0, 0.05) is 32.8 Å². The maximum absolute atomic E-state index is 12.7. The summed E-state index contributed by atoms with van der Waals surface area (Å²) in [6, 6.07) is 10.4. The van der Waals surface area contributed by atoms with E-state index in [1.807, 2.05) is 20.0 Å². The summed E-state index contributed by atoms with van der Waals surface area (Å²) in [5.74, 6) is 0.377. The standard InChI is InChI=1S/C28H39N3O3/c1-19-17-25(31(7)30-19)26(33-20(2)34-27(32)22-11-9-8-10-12-22)24(18-29-6)21-13-15-23(16-14-21)28(3,4)5/h13-18,20,22H,8-12H2,1-7H3/b26-24-,29-18?. The van der Waals surface area contributed by atoms with E-state index < -0.39 is 6.29 Å². The van der Waals surface area contributed by atoms with Gasteiger partial charge in [0.1, 0.15) is 5.69 Å². The molecule has 0 bridgehead atoms. The van der Waals surface area contributed by atoms with Gasteiger partial charge in [0.15, 0.2) is 5.76 Å². The average Bonchev–Trinajstić information content (AvgIpc) is 3.13. The minimum atomic E-state index is -0.742. The van der Waals surface area contributed by atoms with Crippen molar-refractivity contribution in [2.45, 2.75) is 78.4 Å². The topological polar surface area (TPSA) is 65.7 Å². The Balaban J connectivity index is 1.98. The van der Waals surface area contributed by atoms with E-state index in [4.69, 9.17) is 9.47 Å². The summed E-state index contributed by atoms with van der Waals surface area (Å²) in [5, 5.41) is 4.51. The summed E-state index contributed by atoms with van der Waals surface area (Å²) in [6.45, 7) is 10.3. The van der Waals surface area contributed by atoms with Gasteiger partial charge in [-0.15, -0.1) is 0 Å². The summed E-state index contributed by atoms with van der Waals surface area (Å²) in [7, 11) is 3.62. The van der Waals surface area contributed by atoms with Crippen LogP contribution in [0.3, 0.4) is 0 Å². The molecule has 0 spiro atoms. The number of carbonyl (C=O) groups excluding carboxylic acids is 1. The zero-order valence-corrected chi connectivity index (χ0v) is 21.7. The van der Waals surface area contributed by atoms with Gasteiger partial charge in [-0.2, -0.15) is 5.10 Å². The van der Waals surface area contributed by atoms with Gasteiger partial charge in [-0.05, 0) is 42.4 Å². The highest BCUT2D eigenvalue weighted by atomic mass is 16.7. The largest absolute Gasteiger partial charge is 0.452 e. The number of ether oxygens (including phenoxy) is 2. The van der Waals surface area contributed by atoms with Gasteiger partial charge < -0.3 is 9.47 Å². The molecule has 3 rings (SSSR count). The summed E-state index contributed by atoms with van der Waals surface area (Å²) in [4.78, 5) is 17.0. The number of aromatic nitrogens is 2. The second kappa shape index (κ2) is 11.0. The van der Waals surface area contributed by atoms with E-state index in [1.54, 1.807) is 24.9 Å². The van der Waals surface area contributed by atoms with E-state index in [2.05, 4.69) is 55.1 Å². The number of carbonyl (C=O) groups is 1. The van der Waals surface area contributed by atoms with Crippen LogP contribution in [0.4, 0.5) is 0 Å². The maximum Gasteiger partial charge on any atom is 0.311 e. The van der Waals surface area contributed by atoms with Crippen molar-refractivity contribution < 1.29 is 14.3 Å². The van der Waals surface area contributed by atoms with Crippen molar-refractivity contribution in [2.24, 2.45) is 18.0 Å². The molecule has 6 heteroatoms. The van der Waals surface area contributed by atoms with E-state index in [-0.39, 0.29) is 17.3 Å². The highest BCUT2D eigenvalue weighted by Crippen LogP contribution is 2.31. The Morgan fingerprint density at radius 2 is 1.79 bits per heavy atom. The molecule has 1 aliphatic rings. The van der Waals surface area contributed by atoms with E-state index in [0.29, 0.717) is 5.76 Å². The lowest BCUT2D eigenvalue weighted by Gasteiger charge is -2.24. The van der Waals surface area contributed by atoms with Gasteiger partial charge in [-0.3, -0.25) is 14.5 Å². The monoisotopic (exact) mass is 465 g/mol. The first-order chi connectivity index (χ1) is 16.1. The van der Waals surface area contributed by atoms with E-state index >= 15 is 0 Å². The molecule has 1 aromatic heterocycles. The third-order valence-electron chi connectivity index (χ3n) is 6.30. The van der Waals surface area contributed by atoms with Crippen molar-refractivity contribution in [3.05, 3.63) is 52.8 Å². The number of aliphatic imine (C=N–C) groups is 1. The first-order valence-electron chi connectivity index (χ1n) is 12.3. The molecule has 34 heavy (non-hydrogen) atoms. The fourth-order valence-electron chi connectivity index (χ4n) is 4.42. The number of allylic oxidation sites excluding steroid dienone is 1. The molecule has 1 heterocycles. The van der Waals surface area contributed by atoms with Crippen molar-refractivity contribution in [1.82, 2.24) is 9.78 Å². The van der Waals surface area contributed by atoms with Crippen LogP contribution in [0.15, 0.2) is 35.3 Å². The molecule has 1 unspecified atom stereocenters. The van der Waals surface area contributed by atoms with Crippen LogP contribution in [-0.4, -0.2) is 35.3 Å². The summed E-state index contributed by atoms with van der Waals surface area (Å²) >= 11 is 0. The average molecular weight is 466 g/mol. The van der Waals surface area contributed by atoms with Gasteiger partial charge in [0.2, 0.25) is 6.29 Å². The molecule has 6 nitrogen and oxygen atoms in total. The third-order valence-corrected chi connectivity index (χ3v) is 6.30. The minimum Gasteiger partial charge on any atom is -0.452 e. The smallest absolute Gasteiger partial charge is 0.311 e. The zero-order chi connectivity index (χ0) is 24.9. The number of benzene rings is 1. The van der Waals surface area contributed by atoms with E-state index in [0.717, 1.165) is 48.2 Å². The third kappa shape index (κ3) is 6.37. The van der Waals surface area contributed by atoms with Gasteiger partial charge in [0.05, 0.1) is 11.6 Å². The van der Waals surface area contributed by atoms with Gasteiger partial charge in [0.25, 0.3) is 0 Å². The second-order valence-electron chi connectivity index (χ2n) is 10.2. The minimum absolute atomic E-state index is 0.0344. The number of nitrogens with zero attached hydrogens (tertiary/aromatic N) is 3. The molecule has 1 aliphatic carbocycles. The summed E-state index contributed by atoms with van der Waals surface area (Å²) in [6.07, 6.45) is 6.18. The van der Waals surface area contributed by atoms with E-state index in [9.17, 15) is 4.79 Å². The second-order valence-corrected chi connectivity index (χ2v) is 10.2. The Bertz CT molecular complexity index is 1040. The molecule has 0 aliphatic heterocycles. The molecular weight excluding hydrogens is 426 g/mol. The highest BCUT2D eigenvalue weighted by molar-refractivity contribution is 6.18. The Morgan fingerprint density at radius 1 is 1.15 bits per heavy atom. The van der Waals surface area contributed by atoms with Crippen molar-refractivity contribution in [2.75, 3.05) is 7.05 Å².